The van der Waals surface area contributed by atoms with Crippen molar-refractivity contribution in [1.82, 2.24) is 9.55 Å². The maximum atomic E-state index is 5.48. The largest absolute Gasteiger partial charge is 0.335 e. The fourth-order valence-electron chi connectivity index (χ4n) is 1.36. The lowest BCUT2D eigenvalue weighted by Crippen LogP contribution is -2.09. The van der Waals surface area contributed by atoms with Crippen LogP contribution in [-0.4, -0.2) is 16.1 Å². The van der Waals surface area contributed by atoms with Gasteiger partial charge >= 0.3 is 0 Å². The van der Waals surface area contributed by atoms with Gasteiger partial charge < -0.3 is 10.3 Å². The second-order valence-corrected chi connectivity index (χ2v) is 3.03. The molecule has 1 rings (SSSR count). The van der Waals surface area contributed by atoms with Gasteiger partial charge in [-0.15, -0.1) is 0 Å². The molecule has 2 N–H and O–H groups in total. The van der Waals surface area contributed by atoms with Crippen LogP contribution in [0.15, 0.2) is 6.20 Å². The normalized spacial score (nSPS) is 10.6. The minimum atomic E-state index is 0.681. The molecule has 68 valence electrons. The fraction of sp³-hybridized carbons (Fsp3) is 0.667. The Kier molecular flexibility index (Phi) is 3.29. The summed E-state index contributed by atoms with van der Waals surface area (Å²) in [6, 6.07) is 0. The Hall–Kier alpha value is -0.830. The van der Waals surface area contributed by atoms with Crippen LogP contribution in [0, 0.1) is 6.92 Å². The molecular formula is C9H17N3. The van der Waals surface area contributed by atoms with Gasteiger partial charge in [0.05, 0.1) is 5.69 Å². The van der Waals surface area contributed by atoms with E-state index in [1.54, 1.807) is 0 Å². The van der Waals surface area contributed by atoms with E-state index in [9.17, 15) is 0 Å². The predicted molar refractivity (Wildman–Crippen MR) is 50.0 cm³/mol. The van der Waals surface area contributed by atoms with E-state index in [1.165, 1.54) is 0 Å². The van der Waals surface area contributed by atoms with Gasteiger partial charge in [-0.3, -0.25) is 0 Å². The first-order valence-electron chi connectivity index (χ1n) is 4.50. The van der Waals surface area contributed by atoms with Gasteiger partial charge in [-0.1, -0.05) is 6.92 Å². The minimum absolute atomic E-state index is 0.681. The molecule has 0 spiro atoms. The molecule has 0 aliphatic heterocycles. The second-order valence-electron chi connectivity index (χ2n) is 3.03. The quantitative estimate of drug-likeness (QED) is 0.730. The van der Waals surface area contributed by atoms with E-state index in [0.717, 1.165) is 30.9 Å². The van der Waals surface area contributed by atoms with Gasteiger partial charge in [0.1, 0.15) is 5.82 Å². The third kappa shape index (κ3) is 2.08. The lowest BCUT2D eigenvalue weighted by molar-refractivity contribution is 0.636. The Morgan fingerprint density at radius 2 is 2.33 bits per heavy atom. The van der Waals surface area contributed by atoms with Crippen molar-refractivity contribution in [2.24, 2.45) is 5.73 Å². The van der Waals surface area contributed by atoms with Gasteiger partial charge in [0.15, 0.2) is 0 Å². The van der Waals surface area contributed by atoms with Crippen molar-refractivity contribution in [3.8, 4) is 0 Å². The van der Waals surface area contributed by atoms with Crippen molar-refractivity contribution >= 4 is 0 Å². The molecule has 0 aliphatic rings. The van der Waals surface area contributed by atoms with E-state index in [2.05, 4.69) is 22.7 Å². The van der Waals surface area contributed by atoms with Crippen molar-refractivity contribution < 1.29 is 0 Å². The van der Waals surface area contributed by atoms with Crippen LogP contribution >= 0.6 is 0 Å². The molecule has 12 heavy (non-hydrogen) atoms. The number of hydrogen-bond acceptors (Lipinski definition) is 2. The summed E-state index contributed by atoms with van der Waals surface area (Å²) in [5.74, 6) is 1.12. The van der Waals surface area contributed by atoms with Crippen LogP contribution in [0.2, 0.25) is 0 Å². The van der Waals surface area contributed by atoms with Gasteiger partial charge in [0, 0.05) is 19.2 Å². The molecule has 0 amide bonds. The zero-order valence-electron chi connectivity index (χ0n) is 7.88. The summed E-state index contributed by atoms with van der Waals surface area (Å²) in [5.41, 5.74) is 6.57. The van der Waals surface area contributed by atoms with Crippen LogP contribution in [0.5, 0.6) is 0 Å². The number of aryl methyl sites for hydroxylation is 2. The Bertz CT molecular complexity index is 216. The highest BCUT2D eigenvalue weighted by Gasteiger charge is 2.02. The first-order chi connectivity index (χ1) is 5.77. The summed E-state index contributed by atoms with van der Waals surface area (Å²) >= 11 is 0. The van der Waals surface area contributed by atoms with E-state index in [4.69, 9.17) is 5.73 Å². The van der Waals surface area contributed by atoms with Crippen LogP contribution in [0.25, 0.3) is 0 Å². The maximum Gasteiger partial charge on any atom is 0.110 e. The zero-order chi connectivity index (χ0) is 8.97. The van der Waals surface area contributed by atoms with Gasteiger partial charge in [0.2, 0.25) is 0 Å². The molecule has 0 radical (unpaired) electrons. The highest BCUT2D eigenvalue weighted by molar-refractivity contribution is 5.02. The Morgan fingerprint density at radius 1 is 1.58 bits per heavy atom. The van der Waals surface area contributed by atoms with Crippen LogP contribution in [0.1, 0.15) is 24.9 Å². The van der Waals surface area contributed by atoms with Crippen molar-refractivity contribution in [3.63, 3.8) is 0 Å². The monoisotopic (exact) mass is 167 g/mol. The highest BCUT2D eigenvalue weighted by atomic mass is 15.1. The summed E-state index contributed by atoms with van der Waals surface area (Å²) in [6.45, 7) is 5.92. The summed E-state index contributed by atoms with van der Waals surface area (Å²) in [5, 5.41) is 0. The number of aromatic nitrogens is 2. The van der Waals surface area contributed by atoms with Crippen LogP contribution in [0.4, 0.5) is 0 Å². The Labute approximate surface area is 73.6 Å². The van der Waals surface area contributed by atoms with Crippen molar-refractivity contribution in [2.45, 2.75) is 33.2 Å². The Balaban J connectivity index is 2.76. The van der Waals surface area contributed by atoms with E-state index >= 15 is 0 Å². The number of hydrogen-bond donors (Lipinski definition) is 1. The molecule has 3 heteroatoms. The SMILES string of the molecule is CCCn1cc(C)nc1CCN. The molecule has 0 fully saturated rings. The molecule has 3 nitrogen and oxygen atoms in total. The average Bonchev–Trinajstić information content (AvgIpc) is 2.33. The molecule has 1 aromatic heterocycles. The van der Waals surface area contributed by atoms with E-state index < -0.39 is 0 Å². The smallest absolute Gasteiger partial charge is 0.110 e. The van der Waals surface area contributed by atoms with Gasteiger partial charge in [-0.2, -0.15) is 0 Å². The summed E-state index contributed by atoms with van der Waals surface area (Å²) in [4.78, 5) is 4.40. The van der Waals surface area contributed by atoms with Crippen LogP contribution in [0.3, 0.4) is 0 Å². The molecule has 0 saturated carbocycles. The third-order valence-electron chi connectivity index (χ3n) is 1.81. The standard InChI is InChI=1S/C9H17N3/c1-3-6-12-7-8(2)11-9(12)4-5-10/h7H,3-6,10H2,1-2H3. The minimum Gasteiger partial charge on any atom is -0.335 e. The topological polar surface area (TPSA) is 43.8 Å². The molecule has 1 heterocycles. The first kappa shape index (κ1) is 9.26. The molecule has 0 atom stereocenters. The molecule has 1 aromatic rings. The summed E-state index contributed by atoms with van der Waals surface area (Å²) in [7, 11) is 0. The van der Waals surface area contributed by atoms with E-state index in [1.807, 2.05) is 6.92 Å². The summed E-state index contributed by atoms with van der Waals surface area (Å²) in [6.07, 6.45) is 4.12. The number of rotatable bonds is 4. The van der Waals surface area contributed by atoms with Crippen molar-refractivity contribution in [3.05, 3.63) is 17.7 Å². The molecule has 0 aromatic carbocycles. The van der Waals surface area contributed by atoms with Crippen molar-refractivity contribution in [1.29, 1.82) is 0 Å². The fourth-order valence-corrected chi connectivity index (χ4v) is 1.36. The maximum absolute atomic E-state index is 5.48. The number of nitrogens with zero attached hydrogens (tertiary/aromatic N) is 2. The van der Waals surface area contributed by atoms with Gasteiger partial charge in [-0.05, 0) is 19.9 Å². The lowest BCUT2D eigenvalue weighted by atomic mass is 10.4. The lowest BCUT2D eigenvalue weighted by Gasteiger charge is -2.03. The molecule has 0 saturated heterocycles. The Morgan fingerprint density at radius 3 is 2.92 bits per heavy atom. The van der Waals surface area contributed by atoms with Crippen molar-refractivity contribution in [2.75, 3.05) is 6.54 Å². The number of imidazole rings is 1. The van der Waals surface area contributed by atoms with Crippen LogP contribution < -0.4 is 5.73 Å². The molecular weight excluding hydrogens is 150 g/mol. The number of nitrogens with two attached hydrogens (primary N) is 1. The van der Waals surface area contributed by atoms with Gasteiger partial charge in [-0.25, -0.2) is 4.98 Å². The molecule has 0 aliphatic carbocycles. The van der Waals surface area contributed by atoms with Crippen LogP contribution in [-0.2, 0) is 13.0 Å². The van der Waals surface area contributed by atoms with E-state index in [0.29, 0.717) is 6.54 Å². The highest BCUT2D eigenvalue weighted by Crippen LogP contribution is 2.03. The molecule has 0 unspecified atom stereocenters. The molecule has 0 bridgehead atoms. The third-order valence-corrected chi connectivity index (χ3v) is 1.81. The van der Waals surface area contributed by atoms with E-state index in [-0.39, 0.29) is 0 Å². The first-order valence-corrected chi connectivity index (χ1v) is 4.50. The second kappa shape index (κ2) is 4.26. The predicted octanol–water partition coefficient (Wildman–Crippen LogP) is 1.10. The zero-order valence-corrected chi connectivity index (χ0v) is 7.88. The summed E-state index contributed by atoms with van der Waals surface area (Å²) < 4.78 is 2.20. The average molecular weight is 167 g/mol. The van der Waals surface area contributed by atoms with Gasteiger partial charge in [0.25, 0.3) is 0 Å².